The predicted octanol–water partition coefficient (Wildman–Crippen LogP) is 2.76. The van der Waals surface area contributed by atoms with E-state index in [1.807, 2.05) is 0 Å². The first-order valence-corrected chi connectivity index (χ1v) is 5.75. The third kappa shape index (κ3) is 2.07. The van der Waals surface area contributed by atoms with Gasteiger partial charge in [-0.05, 0) is 56.5 Å². The van der Waals surface area contributed by atoms with Gasteiger partial charge < -0.3 is 4.90 Å². The molecule has 2 unspecified atom stereocenters. The Bertz CT molecular complexity index is 186. The molecule has 0 aromatic rings. The smallest absolute Gasteiger partial charge is 0.000947 e. The molecule has 0 bridgehead atoms. The molecule has 0 N–H and O–H groups in total. The van der Waals surface area contributed by atoms with Crippen LogP contribution in [0, 0.1) is 17.3 Å². The third-order valence-corrected chi connectivity index (χ3v) is 4.10. The molecule has 1 heteroatoms. The molecule has 0 aromatic heterocycles. The number of rotatable bonds is 0. The average Bonchev–Trinajstić information content (AvgIpc) is 2.01. The second-order valence-electron chi connectivity index (χ2n) is 5.98. The van der Waals surface area contributed by atoms with Crippen LogP contribution < -0.4 is 0 Å². The van der Waals surface area contributed by atoms with Crippen molar-refractivity contribution in [3.8, 4) is 0 Å². The fraction of sp³-hybridized carbons (Fsp3) is 1.00. The molecule has 0 aromatic carbocycles. The van der Waals surface area contributed by atoms with Gasteiger partial charge in [-0.15, -0.1) is 0 Å². The van der Waals surface area contributed by atoms with Gasteiger partial charge in [0.05, 0.1) is 0 Å². The molecule has 1 nitrogen and oxygen atoms in total. The molecule has 1 aliphatic heterocycles. The third-order valence-electron chi connectivity index (χ3n) is 4.10. The summed E-state index contributed by atoms with van der Waals surface area (Å²) < 4.78 is 0. The van der Waals surface area contributed by atoms with Crippen LogP contribution in [0.1, 0.15) is 39.5 Å². The van der Waals surface area contributed by atoms with Crippen LogP contribution in [0.15, 0.2) is 0 Å². The summed E-state index contributed by atoms with van der Waals surface area (Å²) in [5.74, 6) is 2.06. The van der Waals surface area contributed by atoms with E-state index < -0.39 is 0 Å². The number of nitrogens with zero attached hydrogens (tertiary/aromatic N) is 1. The Labute approximate surface area is 82.5 Å². The highest BCUT2D eigenvalue weighted by Crippen LogP contribution is 2.44. The van der Waals surface area contributed by atoms with Gasteiger partial charge in [0, 0.05) is 6.54 Å². The molecule has 13 heavy (non-hydrogen) atoms. The minimum Gasteiger partial charge on any atom is -0.306 e. The van der Waals surface area contributed by atoms with E-state index in [2.05, 4.69) is 25.8 Å². The van der Waals surface area contributed by atoms with Gasteiger partial charge in [-0.1, -0.05) is 13.8 Å². The summed E-state index contributed by atoms with van der Waals surface area (Å²) in [5, 5.41) is 0. The minimum absolute atomic E-state index is 0.624. The van der Waals surface area contributed by atoms with Crippen molar-refractivity contribution < 1.29 is 0 Å². The van der Waals surface area contributed by atoms with Crippen molar-refractivity contribution in [3.05, 3.63) is 0 Å². The number of likely N-dealkylation sites (tertiary alicyclic amines) is 1. The molecular formula is C12H23N. The summed E-state index contributed by atoms with van der Waals surface area (Å²) in [6, 6.07) is 0. The Kier molecular flexibility index (Phi) is 2.39. The molecule has 1 saturated carbocycles. The Hall–Kier alpha value is -0.0400. The molecule has 2 fully saturated rings. The Morgan fingerprint density at radius 2 is 1.92 bits per heavy atom. The van der Waals surface area contributed by atoms with Crippen molar-refractivity contribution in [2.24, 2.45) is 17.3 Å². The van der Waals surface area contributed by atoms with E-state index in [1.54, 1.807) is 0 Å². The molecule has 1 saturated heterocycles. The molecule has 0 spiro atoms. The zero-order valence-corrected chi connectivity index (χ0v) is 9.34. The van der Waals surface area contributed by atoms with Crippen LogP contribution in [0.25, 0.3) is 0 Å². The average molecular weight is 181 g/mol. The standard InChI is InChI=1S/C12H23N/c1-12(2)6-4-10-5-7-13(3)9-11(10)8-12/h10-11H,4-9H2,1-3H3. The van der Waals surface area contributed by atoms with Gasteiger partial charge in [0.2, 0.25) is 0 Å². The maximum absolute atomic E-state index is 2.52. The summed E-state index contributed by atoms with van der Waals surface area (Å²) in [6.45, 7) is 7.57. The molecule has 2 atom stereocenters. The Morgan fingerprint density at radius 3 is 2.69 bits per heavy atom. The van der Waals surface area contributed by atoms with Crippen LogP contribution in [0.2, 0.25) is 0 Å². The monoisotopic (exact) mass is 181 g/mol. The van der Waals surface area contributed by atoms with Crippen molar-refractivity contribution >= 4 is 0 Å². The molecule has 1 aliphatic carbocycles. The number of hydrogen-bond donors (Lipinski definition) is 0. The molecule has 1 heterocycles. The van der Waals surface area contributed by atoms with Gasteiger partial charge in [0.1, 0.15) is 0 Å². The predicted molar refractivity (Wildman–Crippen MR) is 56.7 cm³/mol. The summed E-state index contributed by atoms with van der Waals surface area (Å²) in [4.78, 5) is 2.52. The highest BCUT2D eigenvalue weighted by Gasteiger charge is 2.37. The van der Waals surface area contributed by atoms with Crippen molar-refractivity contribution in [2.45, 2.75) is 39.5 Å². The van der Waals surface area contributed by atoms with E-state index in [-0.39, 0.29) is 0 Å². The highest BCUT2D eigenvalue weighted by atomic mass is 15.1. The van der Waals surface area contributed by atoms with Gasteiger partial charge in [-0.25, -0.2) is 0 Å². The van der Waals surface area contributed by atoms with Crippen LogP contribution in [-0.4, -0.2) is 25.0 Å². The second kappa shape index (κ2) is 3.27. The first kappa shape index (κ1) is 9.51. The summed E-state index contributed by atoms with van der Waals surface area (Å²) in [5.41, 5.74) is 0.624. The molecule has 2 rings (SSSR count). The van der Waals surface area contributed by atoms with Crippen LogP contribution in [0.3, 0.4) is 0 Å². The lowest BCUT2D eigenvalue weighted by Crippen LogP contribution is -2.42. The molecule has 76 valence electrons. The summed E-state index contributed by atoms with van der Waals surface area (Å²) in [7, 11) is 2.28. The lowest BCUT2D eigenvalue weighted by molar-refractivity contribution is 0.0478. The fourth-order valence-corrected chi connectivity index (χ4v) is 3.26. The second-order valence-corrected chi connectivity index (χ2v) is 5.98. The number of hydrogen-bond acceptors (Lipinski definition) is 1. The van der Waals surface area contributed by atoms with Gasteiger partial charge in [0.25, 0.3) is 0 Å². The van der Waals surface area contributed by atoms with Crippen molar-refractivity contribution in [1.82, 2.24) is 4.90 Å². The van der Waals surface area contributed by atoms with E-state index >= 15 is 0 Å². The maximum Gasteiger partial charge on any atom is 0.000947 e. The molecule has 0 radical (unpaired) electrons. The Balaban J connectivity index is 2.00. The SMILES string of the molecule is CN1CCC2CCC(C)(C)CC2C1. The Morgan fingerprint density at radius 1 is 1.15 bits per heavy atom. The van der Waals surface area contributed by atoms with Crippen molar-refractivity contribution in [2.75, 3.05) is 20.1 Å². The lowest BCUT2D eigenvalue weighted by atomic mass is 9.65. The van der Waals surface area contributed by atoms with Gasteiger partial charge in [-0.3, -0.25) is 0 Å². The molecule has 2 aliphatic rings. The topological polar surface area (TPSA) is 3.24 Å². The number of fused-ring (bicyclic) bond motifs is 1. The fourth-order valence-electron chi connectivity index (χ4n) is 3.26. The van der Waals surface area contributed by atoms with E-state index in [0.717, 1.165) is 11.8 Å². The van der Waals surface area contributed by atoms with Crippen LogP contribution in [-0.2, 0) is 0 Å². The quantitative estimate of drug-likeness (QED) is 0.555. The maximum atomic E-state index is 2.52. The van der Waals surface area contributed by atoms with E-state index in [9.17, 15) is 0 Å². The molecular weight excluding hydrogens is 158 g/mol. The van der Waals surface area contributed by atoms with Crippen molar-refractivity contribution in [1.29, 1.82) is 0 Å². The first-order valence-electron chi connectivity index (χ1n) is 5.75. The van der Waals surface area contributed by atoms with Gasteiger partial charge in [0.15, 0.2) is 0 Å². The summed E-state index contributed by atoms with van der Waals surface area (Å²) >= 11 is 0. The van der Waals surface area contributed by atoms with E-state index in [4.69, 9.17) is 0 Å². The molecule has 0 amide bonds. The normalized spacial score (nSPS) is 39.9. The highest BCUT2D eigenvalue weighted by molar-refractivity contribution is 4.88. The number of piperidine rings is 1. The van der Waals surface area contributed by atoms with Gasteiger partial charge >= 0.3 is 0 Å². The minimum atomic E-state index is 0.624. The van der Waals surface area contributed by atoms with Crippen LogP contribution in [0.4, 0.5) is 0 Å². The van der Waals surface area contributed by atoms with Crippen LogP contribution in [0.5, 0.6) is 0 Å². The zero-order valence-electron chi connectivity index (χ0n) is 9.34. The zero-order chi connectivity index (χ0) is 9.47. The lowest BCUT2D eigenvalue weighted by Gasteiger charge is -2.45. The van der Waals surface area contributed by atoms with Crippen LogP contribution >= 0.6 is 0 Å². The summed E-state index contributed by atoms with van der Waals surface area (Å²) in [6.07, 6.45) is 5.86. The van der Waals surface area contributed by atoms with Gasteiger partial charge in [-0.2, -0.15) is 0 Å². The van der Waals surface area contributed by atoms with Crippen molar-refractivity contribution in [3.63, 3.8) is 0 Å². The van der Waals surface area contributed by atoms with E-state index in [1.165, 1.54) is 38.8 Å². The first-order chi connectivity index (χ1) is 6.07. The largest absolute Gasteiger partial charge is 0.306 e. The van der Waals surface area contributed by atoms with E-state index in [0.29, 0.717) is 5.41 Å².